The second-order valence-corrected chi connectivity index (χ2v) is 10.5. The molecule has 0 spiro atoms. The summed E-state index contributed by atoms with van der Waals surface area (Å²) in [5.74, 6) is 0. The smallest absolute Gasteiger partial charge is 0.0991 e. The predicted molar refractivity (Wildman–Crippen MR) is 153 cm³/mol. The molecule has 1 aromatic heterocycles. The minimum absolute atomic E-state index is 0.183. The molecule has 2 heterocycles. The third-order valence-corrected chi connectivity index (χ3v) is 8.05. The van der Waals surface area contributed by atoms with Crippen LogP contribution in [0.1, 0.15) is 36.1 Å². The van der Waals surface area contributed by atoms with Crippen molar-refractivity contribution in [1.82, 2.24) is 4.57 Å². The lowest BCUT2D eigenvalue weighted by Crippen LogP contribution is -2.26. The number of hydrogen-bond acceptors (Lipinski definition) is 2. The van der Waals surface area contributed by atoms with Crippen molar-refractivity contribution in [2.45, 2.75) is 19.3 Å². The largest absolute Gasteiger partial charge is 0.309 e. The Labute approximate surface area is 221 Å². The zero-order chi connectivity index (χ0) is 26.0. The number of para-hydroxylation sites is 1. The van der Waals surface area contributed by atoms with Crippen LogP contribution >= 0.6 is 0 Å². The molecule has 0 saturated carbocycles. The summed E-state index contributed by atoms with van der Waals surface area (Å²) in [5.41, 5.74) is 11.8. The zero-order valence-corrected chi connectivity index (χ0v) is 21.2. The van der Waals surface area contributed by atoms with Gasteiger partial charge in [0.2, 0.25) is 0 Å². The Morgan fingerprint density at radius 3 is 1.82 bits per heavy atom. The molecule has 3 nitrogen and oxygen atoms in total. The summed E-state index contributed by atoms with van der Waals surface area (Å²) in [6.45, 7) is 4.62. The number of fused-ring (bicyclic) bond motifs is 5. The Kier molecular flexibility index (Phi) is 4.62. The van der Waals surface area contributed by atoms with Gasteiger partial charge in [-0.05, 0) is 88.0 Å². The molecule has 7 rings (SSSR count). The molecule has 0 aliphatic carbocycles. The topological polar surface area (TPSA) is 52.5 Å². The second kappa shape index (κ2) is 7.94. The summed E-state index contributed by atoms with van der Waals surface area (Å²) in [4.78, 5) is 0. The quantitative estimate of drug-likeness (QED) is 0.247. The van der Waals surface area contributed by atoms with Crippen molar-refractivity contribution in [3.63, 3.8) is 0 Å². The van der Waals surface area contributed by atoms with E-state index in [-0.39, 0.29) is 5.41 Å². The fraction of sp³-hybridized carbons (Fsp3) is 0.0857. The Morgan fingerprint density at radius 1 is 0.579 bits per heavy atom. The minimum Gasteiger partial charge on any atom is -0.309 e. The Morgan fingerprint density at radius 2 is 1.16 bits per heavy atom. The summed E-state index contributed by atoms with van der Waals surface area (Å²) in [7, 11) is 0. The first-order valence-electron chi connectivity index (χ1n) is 12.7. The molecule has 0 fully saturated rings. The van der Waals surface area contributed by atoms with E-state index in [4.69, 9.17) is 0 Å². The molecule has 0 unspecified atom stereocenters. The van der Waals surface area contributed by atoms with Crippen LogP contribution in [0.5, 0.6) is 0 Å². The van der Waals surface area contributed by atoms with Gasteiger partial charge in [-0.25, -0.2) is 0 Å². The van der Waals surface area contributed by atoms with Crippen LogP contribution in [0, 0.1) is 22.7 Å². The van der Waals surface area contributed by atoms with E-state index in [0.717, 1.165) is 22.3 Å². The third kappa shape index (κ3) is 3.06. The van der Waals surface area contributed by atoms with E-state index in [1.807, 2.05) is 48.5 Å². The SMILES string of the molecule is CC1(C)c2ccccc2-n2c3ccc(-c4ccc(C#N)cc4)cc3c3cc(-c4ccc(C#N)cc4)cc1c32. The molecule has 38 heavy (non-hydrogen) atoms. The van der Waals surface area contributed by atoms with Crippen LogP contribution in [0.2, 0.25) is 0 Å². The number of nitriles is 2. The molecule has 0 radical (unpaired) electrons. The van der Waals surface area contributed by atoms with Gasteiger partial charge >= 0.3 is 0 Å². The van der Waals surface area contributed by atoms with E-state index in [9.17, 15) is 10.5 Å². The second-order valence-electron chi connectivity index (χ2n) is 10.5. The summed E-state index contributed by atoms with van der Waals surface area (Å²) < 4.78 is 2.42. The van der Waals surface area contributed by atoms with Gasteiger partial charge < -0.3 is 4.57 Å². The van der Waals surface area contributed by atoms with Crippen molar-refractivity contribution in [1.29, 1.82) is 10.5 Å². The van der Waals surface area contributed by atoms with Crippen molar-refractivity contribution in [2.24, 2.45) is 0 Å². The first kappa shape index (κ1) is 22.1. The van der Waals surface area contributed by atoms with Crippen LogP contribution in [-0.2, 0) is 5.41 Å². The van der Waals surface area contributed by atoms with Gasteiger partial charge in [0.25, 0.3) is 0 Å². The van der Waals surface area contributed by atoms with Crippen molar-refractivity contribution in [2.75, 3.05) is 0 Å². The van der Waals surface area contributed by atoms with Crippen LogP contribution in [0.4, 0.5) is 0 Å². The maximum absolute atomic E-state index is 9.29. The zero-order valence-electron chi connectivity index (χ0n) is 21.2. The molecule has 6 aromatic rings. The molecule has 1 aliphatic rings. The molecule has 0 atom stereocenters. The van der Waals surface area contributed by atoms with E-state index in [1.54, 1.807) is 0 Å². The highest BCUT2D eigenvalue weighted by Crippen LogP contribution is 2.49. The molecule has 5 aromatic carbocycles. The van der Waals surface area contributed by atoms with Crippen LogP contribution in [-0.4, -0.2) is 4.57 Å². The molecular weight excluding hydrogens is 462 g/mol. The fourth-order valence-corrected chi connectivity index (χ4v) is 6.04. The Hall–Kier alpha value is -5.12. The van der Waals surface area contributed by atoms with Crippen molar-refractivity contribution >= 4 is 21.8 Å². The van der Waals surface area contributed by atoms with E-state index >= 15 is 0 Å². The first-order chi connectivity index (χ1) is 18.5. The van der Waals surface area contributed by atoms with Gasteiger partial charge in [-0.2, -0.15) is 10.5 Å². The standard InChI is InChI=1S/C35H23N3/c1-35(2)30-5-3-4-6-33(30)38-32-16-15-26(24-11-7-22(20-36)8-12-24)17-28(32)29-18-27(19-31(35)34(29)38)25-13-9-23(21-37)10-14-25/h3-19H,1-2H3. The lowest BCUT2D eigenvalue weighted by molar-refractivity contribution is 0.630. The lowest BCUT2D eigenvalue weighted by atomic mass is 9.74. The summed E-state index contributed by atoms with van der Waals surface area (Å²) in [6, 6.07) is 40.1. The highest BCUT2D eigenvalue weighted by atomic mass is 15.0. The molecule has 3 heteroatoms. The van der Waals surface area contributed by atoms with Gasteiger partial charge in [0, 0.05) is 16.2 Å². The van der Waals surface area contributed by atoms with E-state index in [2.05, 4.69) is 85.2 Å². The van der Waals surface area contributed by atoms with Gasteiger partial charge in [0.15, 0.2) is 0 Å². The normalized spacial score (nSPS) is 13.2. The number of hydrogen-bond donors (Lipinski definition) is 0. The molecule has 0 saturated heterocycles. The Bertz CT molecular complexity index is 1990. The predicted octanol–water partition coefficient (Wildman–Crippen LogP) is 8.50. The maximum Gasteiger partial charge on any atom is 0.0991 e. The van der Waals surface area contributed by atoms with Crippen LogP contribution in [0.25, 0.3) is 49.7 Å². The lowest BCUT2D eigenvalue weighted by Gasteiger charge is -2.35. The number of benzene rings is 5. The van der Waals surface area contributed by atoms with Gasteiger partial charge in [-0.15, -0.1) is 0 Å². The summed E-state index contributed by atoms with van der Waals surface area (Å²) >= 11 is 0. The highest BCUT2D eigenvalue weighted by molar-refractivity contribution is 6.13. The number of aromatic nitrogens is 1. The van der Waals surface area contributed by atoms with E-state index < -0.39 is 0 Å². The molecule has 1 aliphatic heterocycles. The molecule has 0 bridgehead atoms. The van der Waals surface area contributed by atoms with Crippen LogP contribution in [0.3, 0.4) is 0 Å². The monoisotopic (exact) mass is 485 g/mol. The van der Waals surface area contributed by atoms with Gasteiger partial charge in [-0.3, -0.25) is 0 Å². The molecular formula is C35H23N3. The minimum atomic E-state index is -0.183. The van der Waals surface area contributed by atoms with Gasteiger partial charge in [-0.1, -0.05) is 62.4 Å². The van der Waals surface area contributed by atoms with Gasteiger partial charge in [0.05, 0.1) is 40.0 Å². The summed E-state index contributed by atoms with van der Waals surface area (Å²) in [6.07, 6.45) is 0. The van der Waals surface area contributed by atoms with E-state index in [1.165, 1.54) is 38.6 Å². The summed E-state index contributed by atoms with van der Waals surface area (Å²) in [5, 5.41) is 20.9. The van der Waals surface area contributed by atoms with Crippen LogP contribution in [0.15, 0.2) is 103 Å². The first-order valence-corrected chi connectivity index (χ1v) is 12.7. The average molecular weight is 486 g/mol. The number of rotatable bonds is 2. The van der Waals surface area contributed by atoms with Gasteiger partial charge in [0.1, 0.15) is 0 Å². The molecule has 0 N–H and O–H groups in total. The van der Waals surface area contributed by atoms with Crippen molar-refractivity contribution in [3.05, 3.63) is 125 Å². The third-order valence-electron chi connectivity index (χ3n) is 8.05. The van der Waals surface area contributed by atoms with Crippen LogP contribution < -0.4 is 0 Å². The maximum atomic E-state index is 9.29. The van der Waals surface area contributed by atoms with Crippen molar-refractivity contribution < 1.29 is 0 Å². The van der Waals surface area contributed by atoms with E-state index in [0.29, 0.717) is 11.1 Å². The average Bonchev–Trinajstić information content (AvgIpc) is 3.30. The van der Waals surface area contributed by atoms with Crippen molar-refractivity contribution in [3.8, 4) is 40.1 Å². The highest BCUT2D eigenvalue weighted by Gasteiger charge is 2.35. The fourth-order valence-electron chi connectivity index (χ4n) is 6.04. The Balaban J connectivity index is 1.58. The number of nitrogens with zero attached hydrogens (tertiary/aromatic N) is 3. The molecule has 178 valence electrons. The molecule has 0 amide bonds.